The molecule has 1 aromatic carbocycles. The summed E-state index contributed by atoms with van der Waals surface area (Å²) in [6.45, 7) is 5.46. The van der Waals surface area contributed by atoms with Crippen LogP contribution >= 0.6 is 15.9 Å². The molecule has 0 saturated heterocycles. The quantitative estimate of drug-likeness (QED) is 0.412. The average molecular weight is 381 g/mol. The molecule has 0 spiro atoms. The number of hydrogen-bond acceptors (Lipinski definition) is 4. The van der Waals surface area contributed by atoms with E-state index >= 15 is 0 Å². The zero-order valence-electron chi connectivity index (χ0n) is 13.6. The highest BCUT2D eigenvalue weighted by Gasteiger charge is 2.48. The maximum absolute atomic E-state index is 12.6. The first-order valence-corrected chi connectivity index (χ1v) is 8.28. The van der Waals surface area contributed by atoms with Crippen LogP contribution in [0.15, 0.2) is 28.7 Å². The number of esters is 2. The van der Waals surface area contributed by atoms with Gasteiger partial charge >= 0.3 is 11.9 Å². The molecule has 0 radical (unpaired) electrons. The summed E-state index contributed by atoms with van der Waals surface area (Å²) in [5.74, 6) is 4.38. The monoisotopic (exact) mass is 380 g/mol. The van der Waals surface area contributed by atoms with Crippen molar-refractivity contribution in [1.82, 2.24) is 0 Å². The molecule has 0 atom stereocenters. The molecule has 0 amide bonds. The number of halogens is 1. The van der Waals surface area contributed by atoms with E-state index in [1.54, 1.807) is 20.8 Å². The summed E-state index contributed by atoms with van der Waals surface area (Å²) in [4.78, 5) is 25.2. The van der Waals surface area contributed by atoms with E-state index in [1.165, 1.54) is 0 Å². The Balaban J connectivity index is 3.34. The molecule has 124 valence electrons. The zero-order chi connectivity index (χ0) is 17.3. The maximum atomic E-state index is 12.6. The summed E-state index contributed by atoms with van der Waals surface area (Å²) >= 11 is 3.45. The molecule has 0 heterocycles. The standard InChI is InChI=1S/C18H21BrO4/c1-4-7-12-18(16(20)22-5-2,17(21)23-6-3)13-14-10-8-9-11-15(14)19/h8-11H,5-6,12-13H2,1-3H3. The minimum Gasteiger partial charge on any atom is -0.465 e. The predicted molar refractivity (Wildman–Crippen MR) is 91.6 cm³/mol. The van der Waals surface area contributed by atoms with Gasteiger partial charge in [-0.05, 0) is 32.4 Å². The second kappa shape index (κ2) is 9.36. The first-order valence-electron chi connectivity index (χ1n) is 7.49. The van der Waals surface area contributed by atoms with Crippen molar-refractivity contribution in [3.8, 4) is 11.8 Å². The van der Waals surface area contributed by atoms with E-state index in [-0.39, 0.29) is 26.1 Å². The summed E-state index contributed by atoms with van der Waals surface area (Å²) in [5, 5.41) is 0. The lowest BCUT2D eigenvalue weighted by atomic mass is 9.78. The molecule has 0 aliphatic carbocycles. The molecular formula is C18H21BrO4. The number of ether oxygens (including phenoxy) is 2. The fourth-order valence-electron chi connectivity index (χ4n) is 2.18. The van der Waals surface area contributed by atoms with Crippen molar-refractivity contribution in [1.29, 1.82) is 0 Å². The van der Waals surface area contributed by atoms with E-state index in [2.05, 4.69) is 27.8 Å². The molecule has 0 fully saturated rings. The van der Waals surface area contributed by atoms with Crippen molar-refractivity contribution in [3.05, 3.63) is 34.3 Å². The Morgan fingerprint density at radius 3 is 2.17 bits per heavy atom. The van der Waals surface area contributed by atoms with E-state index in [4.69, 9.17) is 9.47 Å². The summed E-state index contributed by atoms with van der Waals surface area (Å²) in [5.41, 5.74) is -0.634. The maximum Gasteiger partial charge on any atom is 0.324 e. The first kappa shape index (κ1) is 19.2. The van der Waals surface area contributed by atoms with Gasteiger partial charge in [-0.3, -0.25) is 9.59 Å². The molecule has 0 N–H and O–H groups in total. The van der Waals surface area contributed by atoms with Gasteiger partial charge in [-0.25, -0.2) is 0 Å². The summed E-state index contributed by atoms with van der Waals surface area (Å²) in [6.07, 6.45) is 0.225. The lowest BCUT2D eigenvalue weighted by Crippen LogP contribution is -2.44. The molecule has 5 heteroatoms. The summed E-state index contributed by atoms with van der Waals surface area (Å²) in [7, 11) is 0. The summed E-state index contributed by atoms with van der Waals surface area (Å²) < 4.78 is 11.1. The van der Waals surface area contributed by atoms with Crippen LogP contribution in [0, 0.1) is 17.3 Å². The van der Waals surface area contributed by atoms with Crippen molar-refractivity contribution in [2.75, 3.05) is 13.2 Å². The fourth-order valence-corrected chi connectivity index (χ4v) is 2.60. The molecule has 0 aliphatic rings. The van der Waals surface area contributed by atoms with Gasteiger partial charge < -0.3 is 9.47 Å². The van der Waals surface area contributed by atoms with Gasteiger partial charge in [0.25, 0.3) is 0 Å². The Bertz CT molecular complexity index is 595. The third-order valence-corrected chi connectivity index (χ3v) is 4.12. The summed E-state index contributed by atoms with van der Waals surface area (Å²) in [6, 6.07) is 7.45. The Morgan fingerprint density at radius 2 is 1.70 bits per heavy atom. The van der Waals surface area contributed by atoms with Gasteiger partial charge in [-0.15, -0.1) is 11.8 Å². The molecule has 0 aliphatic heterocycles. The number of rotatable bonds is 7. The van der Waals surface area contributed by atoms with Crippen molar-refractivity contribution in [3.63, 3.8) is 0 Å². The zero-order valence-corrected chi connectivity index (χ0v) is 15.2. The SMILES string of the molecule is CC#CCC(Cc1ccccc1Br)(C(=O)OCC)C(=O)OCC. The van der Waals surface area contributed by atoms with Crippen LogP contribution in [0.5, 0.6) is 0 Å². The minimum atomic E-state index is -1.46. The Morgan fingerprint density at radius 1 is 1.13 bits per heavy atom. The van der Waals surface area contributed by atoms with E-state index in [9.17, 15) is 9.59 Å². The normalized spacial score (nSPS) is 10.4. The fraction of sp³-hybridized carbons (Fsp3) is 0.444. The van der Waals surface area contributed by atoms with Crippen molar-refractivity contribution in [2.45, 2.75) is 33.6 Å². The van der Waals surface area contributed by atoms with Gasteiger partial charge in [0.15, 0.2) is 5.41 Å². The third kappa shape index (κ3) is 4.84. The van der Waals surface area contributed by atoms with Gasteiger partial charge in [0, 0.05) is 17.3 Å². The predicted octanol–water partition coefficient (Wildman–Crippen LogP) is 3.52. The highest BCUT2D eigenvalue weighted by molar-refractivity contribution is 9.10. The van der Waals surface area contributed by atoms with Crippen LogP contribution in [-0.2, 0) is 25.5 Å². The molecule has 1 rings (SSSR count). The number of benzene rings is 1. The van der Waals surface area contributed by atoms with Crippen molar-refractivity contribution >= 4 is 27.9 Å². The lowest BCUT2D eigenvalue weighted by molar-refractivity contribution is -0.171. The van der Waals surface area contributed by atoms with Gasteiger partial charge in [-0.1, -0.05) is 34.1 Å². The van der Waals surface area contributed by atoms with Gasteiger partial charge in [0.1, 0.15) is 0 Å². The molecule has 1 aromatic rings. The molecule has 0 bridgehead atoms. The van der Waals surface area contributed by atoms with E-state index in [1.807, 2.05) is 24.3 Å². The van der Waals surface area contributed by atoms with Crippen LogP contribution < -0.4 is 0 Å². The van der Waals surface area contributed by atoms with E-state index in [0.29, 0.717) is 0 Å². The van der Waals surface area contributed by atoms with Crippen molar-refractivity contribution in [2.24, 2.45) is 5.41 Å². The van der Waals surface area contributed by atoms with Crippen LogP contribution in [-0.4, -0.2) is 25.2 Å². The van der Waals surface area contributed by atoms with Crippen LogP contribution in [0.2, 0.25) is 0 Å². The van der Waals surface area contributed by atoms with E-state index < -0.39 is 17.4 Å². The lowest BCUT2D eigenvalue weighted by Gasteiger charge is -2.28. The molecule has 4 nitrogen and oxygen atoms in total. The smallest absolute Gasteiger partial charge is 0.324 e. The molecule has 23 heavy (non-hydrogen) atoms. The highest BCUT2D eigenvalue weighted by atomic mass is 79.9. The first-order chi connectivity index (χ1) is 11.0. The number of carbonyl (C=O) groups excluding carboxylic acids is 2. The third-order valence-electron chi connectivity index (χ3n) is 3.35. The molecular weight excluding hydrogens is 360 g/mol. The van der Waals surface area contributed by atoms with Crippen LogP contribution in [0.25, 0.3) is 0 Å². The minimum absolute atomic E-state index is 0.0580. The Kier molecular flexibility index (Phi) is 7.84. The largest absolute Gasteiger partial charge is 0.465 e. The van der Waals surface area contributed by atoms with Crippen molar-refractivity contribution < 1.29 is 19.1 Å². The molecule has 0 saturated carbocycles. The second-order valence-corrected chi connectivity index (χ2v) is 5.75. The molecule has 0 unspecified atom stereocenters. The average Bonchev–Trinajstić information content (AvgIpc) is 2.53. The Hall–Kier alpha value is -1.80. The van der Waals surface area contributed by atoms with Gasteiger partial charge in [0.2, 0.25) is 0 Å². The van der Waals surface area contributed by atoms with Gasteiger partial charge in [-0.2, -0.15) is 0 Å². The van der Waals surface area contributed by atoms with Crippen LogP contribution in [0.1, 0.15) is 32.8 Å². The topological polar surface area (TPSA) is 52.6 Å². The van der Waals surface area contributed by atoms with Crippen LogP contribution in [0.4, 0.5) is 0 Å². The Labute approximate surface area is 145 Å². The number of hydrogen-bond donors (Lipinski definition) is 0. The highest BCUT2D eigenvalue weighted by Crippen LogP contribution is 2.33. The molecule has 0 aromatic heterocycles. The second-order valence-electron chi connectivity index (χ2n) is 4.89. The van der Waals surface area contributed by atoms with E-state index in [0.717, 1.165) is 10.0 Å². The number of carbonyl (C=O) groups is 2. The van der Waals surface area contributed by atoms with Gasteiger partial charge in [0.05, 0.1) is 13.2 Å². The van der Waals surface area contributed by atoms with Crippen LogP contribution in [0.3, 0.4) is 0 Å².